The first-order chi connectivity index (χ1) is 11.5. The van der Waals surface area contributed by atoms with E-state index in [4.69, 9.17) is 21.1 Å². The van der Waals surface area contributed by atoms with Crippen LogP contribution in [0.25, 0.3) is 0 Å². The van der Waals surface area contributed by atoms with Crippen molar-refractivity contribution in [1.82, 2.24) is 0 Å². The lowest BCUT2D eigenvalue weighted by Crippen LogP contribution is -2.22. The number of carbonyl (C=O) groups is 2. The molecule has 0 bridgehead atoms. The molecule has 5 nitrogen and oxygen atoms in total. The van der Waals surface area contributed by atoms with Crippen molar-refractivity contribution >= 4 is 29.2 Å². The number of ether oxygens (including phenoxy) is 2. The number of amides is 1. The van der Waals surface area contributed by atoms with Crippen LogP contribution in [0.4, 0.5) is 5.69 Å². The van der Waals surface area contributed by atoms with Crippen molar-refractivity contribution in [2.45, 2.75) is 13.3 Å². The molecular weight excluding hydrogens is 330 g/mol. The summed E-state index contributed by atoms with van der Waals surface area (Å²) in [5, 5.41) is 3.06. The minimum Gasteiger partial charge on any atom is -0.495 e. The third kappa shape index (κ3) is 5.28. The SMILES string of the molecule is COc1ccc(Cl)cc1NC(=O)COC(=O)Cc1ccc(C)cc1. The fourth-order valence-corrected chi connectivity index (χ4v) is 2.21. The first-order valence-corrected chi connectivity index (χ1v) is 7.70. The number of nitrogens with one attached hydrogen (secondary N) is 1. The Morgan fingerprint density at radius 3 is 2.50 bits per heavy atom. The van der Waals surface area contributed by atoms with E-state index in [2.05, 4.69) is 5.32 Å². The number of carbonyl (C=O) groups excluding carboxylic acids is 2. The molecule has 126 valence electrons. The predicted molar refractivity (Wildman–Crippen MR) is 92.5 cm³/mol. The lowest BCUT2D eigenvalue weighted by Gasteiger charge is -2.11. The highest BCUT2D eigenvalue weighted by Gasteiger charge is 2.11. The van der Waals surface area contributed by atoms with Crippen molar-refractivity contribution in [2.24, 2.45) is 0 Å². The number of methoxy groups -OCH3 is 1. The zero-order valence-electron chi connectivity index (χ0n) is 13.5. The maximum Gasteiger partial charge on any atom is 0.310 e. The summed E-state index contributed by atoms with van der Waals surface area (Å²) < 4.78 is 10.1. The lowest BCUT2D eigenvalue weighted by molar-refractivity contribution is -0.146. The molecule has 0 atom stereocenters. The molecule has 0 aromatic heterocycles. The van der Waals surface area contributed by atoms with Crippen LogP contribution in [0.1, 0.15) is 11.1 Å². The van der Waals surface area contributed by atoms with Crippen LogP contribution >= 0.6 is 11.6 Å². The van der Waals surface area contributed by atoms with E-state index in [-0.39, 0.29) is 13.0 Å². The number of hydrogen-bond acceptors (Lipinski definition) is 4. The number of benzene rings is 2. The highest BCUT2D eigenvalue weighted by atomic mass is 35.5. The fraction of sp³-hybridized carbons (Fsp3) is 0.222. The second kappa shape index (κ2) is 8.36. The van der Waals surface area contributed by atoms with Gasteiger partial charge in [-0.25, -0.2) is 0 Å². The third-order valence-corrected chi connectivity index (χ3v) is 3.50. The smallest absolute Gasteiger partial charge is 0.310 e. The molecule has 0 saturated heterocycles. The van der Waals surface area contributed by atoms with Crippen LogP contribution < -0.4 is 10.1 Å². The number of aryl methyl sites for hydroxylation is 1. The minimum absolute atomic E-state index is 0.119. The largest absolute Gasteiger partial charge is 0.495 e. The number of rotatable bonds is 6. The molecule has 0 spiro atoms. The molecular formula is C18H18ClNO4. The predicted octanol–water partition coefficient (Wildman–Crippen LogP) is 3.38. The van der Waals surface area contributed by atoms with Crippen molar-refractivity contribution in [2.75, 3.05) is 19.0 Å². The average Bonchev–Trinajstić information content (AvgIpc) is 2.55. The topological polar surface area (TPSA) is 64.6 Å². The Bertz CT molecular complexity index is 728. The average molecular weight is 348 g/mol. The number of anilines is 1. The zero-order chi connectivity index (χ0) is 17.5. The van der Waals surface area contributed by atoms with E-state index in [1.54, 1.807) is 18.2 Å². The maximum atomic E-state index is 11.9. The van der Waals surface area contributed by atoms with Gasteiger partial charge in [-0.3, -0.25) is 9.59 Å². The molecule has 0 radical (unpaired) electrons. The summed E-state index contributed by atoms with van der Waals surface area (Å²) in [6.45, 7) is 1.59. The quantitative estimate of drug-likeness (QED) is 0.813. The standard InChI is InChI=1S/C18H18ClNO4/c1-12-3-5-13(6-4-12)9-18(22)24-11-17(21)20-15-10-14(19)7-8-16(15)23-2/h3-8,10H,9,11H2,1-2H3,(H,20,21). The van der Waals surface area contributed by atoms with E-state index >= 15 is 0 Å². The Morgan fingerprint density at radius 2 is 1.83 bits per heavy atom. The molecule has 6 heteroatoms. The van der Waals surface area contributed by atoms with Gasteiger partial charge in [-0.05, 0) is 30.7 Å². The molecule has 0 fully saturated rings. The van der Waals surface area contributed by atoms with Gasteiger partial charge in [0.25, 0.3) is 5.91 Å². The van der Waals surface area contributed by atoms with Crippen LogP contribution in [0.3, 0.4) is 0 Å². The van der Waals surface area contributed by atoms with E-state index in [0.29, 0.717) is 16.5 Å². The van der Waals surface area contributed by atoms with Crippen molar-refractivity contribution in [1.29, 1.82) is 0 Å². The van der Waals surface area contributed by atoms with Crippen LogP contribution in [0.15, 0.2) is 42.5 Å². The second-order valence-corrected chi connectivity index (χ2v) is 5.65. The number of esters is 1. The molecule has 2 aromatic rings. The van der Waals surface area contributed by atoms with E-state index in [9.17, 15) is 9.59 Å². The molecule has 2 aromatic carbocycles. The molecule has 0 aliphatic carbocycles. The lowest BCUT2D eigenvalue weighted by atomic mass is 10.1. The summed E-state index contributed by atoms with van der Waals surface area (Å²) in [4.78, 5) is 23.7. The molecule has 1 amide bonds. The minimum atomic E-state index is -0.466. The van der Waals surface area contributed by atoms with E-state index in [1.807, 2.05) is 31.2 Å². The first kappa shape index (κ1) is 17.8. The second-order valence-electron chi connectivity index (χ2n) is 5.22. The van der Waals surface area contributed by atoms with Crippen LogP contribution in [0.2, 0.25) is 5.02 Å². The molecule has 0 aliphatic rings. The van der Waals surface area contributed by atoms with Crippen LogP contribution in [-0.2, 0) is 20.7 Å². The third-order valence-electron chi connectivity index (χ3n) is 3.27. The molecule has 0 aliphatic heterocycles. The fourth-order valence-electron chi connectivity index (χ4n) is 2.03. The number of hydrogen-bond donors (Lipinski definition) is 1. The van der Waals surface area contributed by atoms with Gasteiger partial charge in [0.05, 0.1) is 19.2 Å². The Morgan fingerprint density at radius 1 is 1.12 bits per heavy atom. The monoisotopic (exact) mass is 347 g/mol. The molecule has 24 heavy (non-hydrogen) atoms. The summed E-state index contributed by atoms with van der Waals surface area (Å²) in [6, 6.07) is 12.4. The van der Waals surface area contributed by atoms with Gasteiger partial charge in [-0.15, -0.1) is 0 Å². The summed E-state index contributed by atoms with van der Waals surface area (Å²) in [5.41, 5.74) is 2.37. The maximum absolute atomic E-state index is 11.9. The van der Waals surface area contributed by atoms with Gasteiger partial charge in [0.1, 0.15) is 5.75 Å². The summed E-state index contributed by atoms with van der Waals surface area (Å²) in [5.74, 6) is -0.460. The Balaban J connectivity index is 1.85. The van der Waals surface area contributed by atoms with Crippen molar-refractivity contribution in [3.8, 4) is 5.75 Å². The zero-order valence-corrected chi connectivity index (χ0v) is 14.2. The molecule has 0 unspecified atom stereocenters. The molecule has 0 heterocycles. The van der Waals surface area contributed by atoms with Crippen molar-refractivity contribution in [3.05, 3.63) is 58.6 Å². The van der Waals surface area contributed by atoms with Gasteiger partial charge in [-0.2, -0.15) is 0 Å². The Labute approximate surface area is 145 Å². The first-order valence-electron chi connectivity index (χ1n) is 7.32. The summed E-state index contributed by atoms with van der Waals surface area (Å²) in [7, 11) is 1.49. The van der Waals surface area contributed by atoms with Gasteiger partial charge in [-0.1, -0.05) is 41.4 Å². The van der Waals surface area contributed by atoms with Crippen molar-refractivity contribution < 1.29 is 19.1 Å². The van der Waals surface area contributed by atoms with Gasteiger partial charge in [0, 0.05) is 5.02 Å². The van der Waals surface area contributed by atoms with Gasteiger partial charge in [0.2, 0.25) is 0 Å². The van der Waals surface area contributed by atoms with Gasteiger partial charge < -0.3 is 14.8 Å². The molecule has 1 N–H and O–H groups in total. The van der Waals surface area contributed by atoms with E-state index in [1.165, 1.54) is 7.11 Å². The highest BCUT2D eigenvalue weighted by Crippen LogP contribution is 2.27. The highest BCUT2D eigenvalue weighted by molar-refractivity contribution is 6.31. The summed E-state index contributed by atoms with van der Waals surface area (Å²) in [6.07, 6.45) is 0.119. The van der Waals surface area contributed by atoms with Crippen molar-refractivity contribution in [3.63, 3.8) is 0 Å². The van der Waals surface area contributed by atoms with Gasteiger partial charge in [0.15, 0.2) is 6.61 Å². The molecule has 0 saturated carbocycles. The van der Waals surface area contributed by atoms with E-state index < -0.39 is 11.9 Å². The summed E-state index contributed by atoms with van der Waals surface area (Å²) >= 11 is 5.89. The van der Waals surface area contributed by atoms with Crippen LogP contribution in [-0.4, -0.2) is 25.6 Å². The normalized spacial score (nSPS) is 10.1. The molecule has 2 rings (SSSR count). The van der Waals surface area contributed by atoms with Gasteiger partial charge >= 0.3 is 5.97 Å². The van der Waals surface area contributed by atoms with E-state index in [0.717, 1.165) is 11.1 Å². The van der Waals surface area contributed by atoms with Crippen LogP contribution in [0, 0.1) is 6.92 Å². The number of halogens is 1. The van der Waals surface area contributed by atoms with Crippen LogP contribution in [0.5, 0.6) is 5.75 Å². The Kier molecular flexibility index (Phi) is 6.21. The Hall–Kier alpha value is -2.53.